The predicted molar refractivity (Wildman–Crippen MR) is 140 cm³/mol. The zero-order valence-electron chi connectivity index (χ0n) is 19.6. The van der Waals surface area contributed by atoms with Gasteiger partial charge >= 0.3 is 0 Å². The van der Waals surface area contributed by atoms with E-state index >= 15 is 0 Å². The Morgan fingerprint density at radius 2 is 1.80 bits per heavy atom. The maximum absolute atomic E-state index is 13.8. The lowest BCUT2D eigenvalue weighted by Crippen LogP contribution is -2.43. The SMILES string of the molecule is Cc1cccc(CN(C(=O)c2ccc(-c3ccc(Cl)cc3)o2)c2cccc(N3CCNCC3)c2)n1. The van der Waals surface area contributed by atoms with Crippen LogP contribution in [0.4, 0.5) is 11.4 Å². The van der Waals surface area contributed by atoms with Gasteiger partial charge in [0.1, 0.15) is 5.76 Å². The first-order chi connectivity index (χ1) is 17.1. The van der Waals surface area contributed by atoms with Crippen molar-refractivity contribution in [2.45, 2.75) is 13.5 Å². The number of carbonyl (C=O) groups excluding carboxylic acids is 1. The van der Waals surface area contributed by atoms with Gasteiger partial charge in [0.2, 0.25) is 0 Å². The normalized spacial score (nSPS) is 13.6. The van der Waals surface area contributed by atoms with Crippen LogP contribution in [0, 0.1) is 6.92 Å². The molecule has 6 nitrogen and oxygen atoms in total. The van der Waals surface area contributed by atoms with Crippen molar-refractivity contribution in [3.05, 3.63) is 101 Å². The number of aromatic nitrogens is 1. The molecule has 1 aliphatic rings. The van der Waals surface area contributed by atoms with E-state index in [-0.39, 0.29) is 11.7 Å². The number of hydrogen-bond donors (Lipinski definition) is 1. The molecule has 0 spiro atoms. The number of hydrogen-bond acceptors (Lipinski definition) is 5. The number of amides is 1. The minimum Gasteiger partial charge on any atom is -0.451 e. The van der Waals surface area contributed by atoms with Crippen LogP contribution in [-0.2, 0) is 6.54 Å². The predicted octanol–water partition coefficient (Wildman–Crippen LogP) is 5.56. The van der Waals surface area contributed by atoms with Crippen molar-refractivity contribution in [3.8, 4) is 11.3 Å². The number of benzene rings is 2. The summed E-state index contributed by atoms with van der Waals surface area (Å²) in [6, 6.07) is 24.9. The average Bonchev–Trinajstić information content (AvgIpc) is 3.38. The molecule has 35 heavy (non-hydrogen) atoms. The van der Waals surface area contributed by atoms with E-state index in [1.165, 1.54) is 0 Å². The number of piperazine rings is 1. The van der Waals surface area contributed by atoms with Crippen molar-refractivity contribution < 1.29 is 9.21 Å². The molecule has 0 saturated carbocycles. The molecule has 1 saturated heterocycles. The first-order valence-electron chi connectivity index (χ1n) is 11.7. The highest BCUT2D eigenvalue weighted by Gasteiger charge is 2.23. The Balaban J connectivity index is 1.48. The monoisotopic (exact) mass is 486 g/mol. The molecule has 0 atom stereocenters. The molecule has 0 aliphatic carbocycles. The molecule has 7 heteroatoms. The Kier molecular flexibility index (Phi) is 6.84. The summed E-state index contributed by atoms with van der Waals surface area (Å²) in [4.78, 5) is 22.5. The highest BCUT2D eigenvalue weighted by Crippen LogP contribution is 2.28. The number of aryl methyl sites for hydroxylation is 1. The van der Waals surface area contributed by atoms with Crippen molar-refractivity contribution in [1.82, 2.24) is 10.3 Å². The van der Waals surface area contributed by atoms with Gasteiger partial charge in [-0.2, -0.15) is 0 Å². The third-order valence-electron chi connectivity index (χ3n) is 6.08. The van der Waals surface area contributed by atoms with Gasteiger partial charge in [0.05, 0.1) is 12.2 Å². The summed E-state index contributed by atoms with van der Waals surface area (Å²) in [6.07, 6.45) is 0. The first-order valence-corrected chi connectivity index (χ1v) is 12.1. The van der Waals surface area contributed by atoms with Gasteiger partial charge in [-0.3, -0.25) is 14.7 Å². The second kappa shape index (κ2) is 10.3. The quantitative estimate of drug-likeness (QED) is 0.386. The topological polar surface area (TPSA) is 61.6 Å². The lowest BCUT2D eigenvalue weighted by atomic mass is 10.2. The van der Waals surface area contributed by atoms with E-state index < -0.39 is 0 Å². The summed E-state index contributed by atoms with van der Waals surface area (Å²) >= 11 is 6.02. The lowest BCUT2D eigenvalue weighted by molar-refractivity contribution is 0.0959. The van der Waals surface area contributed by atoms with Gasteiger partial charge in [0.15, 0.2) is 5.76 Å². The number of halogens is 1. The Labute approximate surface area is 210 Å². The highest BCUT2D eigenvalue weighted by molar-refractivity contribution is 6.30. The second-order valence-corrected chi connectivity index (χ2v) is 9.03. The Bertz CT molecular complexity index is 1310. The van der Waals surface area contributed by atoms with Gasteiger partial charge in [0, 0.05) is 53.8 Å². The van der Waals surface area contributed by atoms with E-state index in [0.717, 1.165) is 54.5 Å². The molecule has 2 aromatic heterocycles. The lowest BCUT2D eigenvalue weighted by Gasteiger charge is -2.30. The fourth-order valence-electron chi connectivity index (χ4n) is 4.27. The molecule has 3 heterocycles. The number of carbonyl (C=O) groups is 1. The molecule has 1 amide bonds. The van der Waals surface area contributed by atoms with E-state index in [1.54, 1.807) is 23.1 Å². The molecule has 1 N–H and O–H groups in total. The molecule has 5 rings (SSSR count). The number of nitrogens with zero attached hydrogens (tertiary/aromatic N) is 3. The second-order valence-electron chi connectivity index (χ2n) is 8.59. The van der Waals surface area contributed by atoms with Crippen LogP contribution in [0.5, 0.6) is 0 Å². The van der Waals surface area contributed by atoms with Crippen molar-refractivity contribution >= 4 is 28.9 Å². The molecule has 0 radical (unpaired) electrons. The minimum absolute atomic E-state index is 0.217. The average molecular weight is 487 g/mol. The van der Waals surface area contributed by atoms with Crippen molar-refractivity contribution in [2.24, 2.45) is 0 Å². The smallest absolute Gasteiger partial charge is 0.294 e. The van der Waals surface area contributed by atoms with Crippen LogP contribution >= 0.6 is 11.6 Å². The van der Waals surface area contributed by atoms with E-state index in [9.17, 15) is 4.79 Å². The molecular weight excluding hydrogens is 460 g/mol. The van der Waals surface area contributed by atoms with Crippen LogP contribution in [0.3, 0.4) is 0 Å². The standard InChI is InChI=1S/C28H27ClN4O2/c1-20-4-2-5-23(31-20)19-33(25-7-3-6-24(18-25)32-16-14-30-15-17-32)28(34)27-13-12-26(35-27)21-8-10-22(29)11-9-21/h2-13,18,30H,14-17,19H2,1H3. The largest absolute Gasteiger partial charge is 0.451 e. The molecule has 1 fully saturated rings. The van der Waals surface area contributed by atoms with Gasteiger partial charge in [-0.05, 0) is 73.7 Å². The van der Waals surface area contributed by atoms with Gasteiger partial charge in [-0.1, -0.05) is 23.7 Å². The summed E-state index contributed by atoms with van der Waals surface area (Å²) in [5.41, 5.74) is 4.49. The Morgan fingerprint density at radius 3 is 2.57 bits per heavy atom. The van der Waals surface area contributed by atoms with E-state index in [4.69, 9.17) is 16.0 Å². The number of nitrogens with one attached hydrogen (secondary N) is 1. The van der Waals surface area contributed by atoms with Gasteiger partial charge in [-0.25, -0.2) is 0 Å². The van der Waals surface area contributed by atoms with E-state index in [0.29, 0.717) is 17.3 Å². The fourth-order valence-corrected chi connectivity index (χ4v) is 4.39. The number of pyridine rings is 1. The van der Waals surface area contributed by atoms with Gasteiger partial charge in [0.25, 0.3) is 5.91 Å². The molecule has 4 aromatic rings. The zero-order valence-corrected chi connectivity index (χ0v) is 20.3. The van der Waals surface area contributed by atoms with Gasteiger partial charge < -0.3 is 14.6 Å². The first kappa shape index (κ1) is 23.1. The van der Waals surface area contributed by atoms with Gasteiger partial charge in [-0.15, -0.1) is 0 Å². The molecule has 0 bridgehead atoms. The third-order valence-corrected chi connectivity index (χ3v) is 6.33. The maximum atomic E-state index is 13.8. The molecule has 178 valence electrons. The Hall–Kier alpha value is -3.61. The zero-order chi connectivity index (χ0) is 24.2. The van der Waals surface area contributed by atoms with Crippen molar-refractivity contribution in [2.75, 3.05) is 36.0 Å². The van der Waals surface area contributed by atoms with Crippen molar-refractivity contribution in [1.29, 1.82) is 0 Å². The molecular formula is C28H27ClN4O2. The minimum atomic E-state index is -0.217. The maximum Gasteiger partial charge on any atom is 0.294 e. The third kappa shape index (κ3) is 5.39. The molecule has 2 aromatic carbocycles. The van der Waals surface area contributed by atoms with Crippen LogP contribution in [0.1, 0.15) is 21.9 Å². The van der Waals surface area contributed by atoms with Crippen LogP contribution in [0.15, 0.2) is 83.3 Å². The number of anilines is 2. The summed E-state index contributed by atoms with van der Waals surface area (Å²) in [5.74, 6) is 0.675. The molecule has 1 aliphatic heterocycles. The number of furan rings is 1. The van der Waals surface area contributed by atoms with Crippen LogP contribution in [-0.4, -0.2) is 37.1 Å². The van der Waals surface area contributed by atoms with Crippen molar-refractivity contribution in [3.63, 3.8) is 0 Å². The van der Waals surface area contributed by atoms with E-state index in [2.05, 4.69) is 27.3 Å². The summed E-state index contributed by atoms with van der Waals surface area (Å²) < 4.78 is 6.01. The van der Waals surface area contributed by atoms with E-state index in [1.807, 2.05) is 55.5 Å². The fraction of sp³-hybridized carbons (Fsp3) is 0.214. The van der Waals surface area contributed by atoms with Crippen LogP contribution in [0.2, 0.25) is 5.02 Å². The number of rotatable bonds is 6. The summed E-state index contributed by atoms with van der Waals surface area (Å²) in [6.45, 7) is 6.03. The van der Waals surface area contributed by atoms with Crippen LogP contribution in [0.25, 0.3) is 11.3 Å². The summed E-state index contributed by atoms with van der Waals surface area (Å²) in [7, 11) is 0. The summed E-state index contributed by atoms with van der Waals surface area (Å²) in [5, 5.41) is 4.03. The highest BCUT2D eigenvalue weighted by atomic mass is 35.5. The molecule has 0 unspecified atom stereocenters. The Morgan fingerprint density at radius 1 is 1.03 bits per heavy atom. The van der Waals surface area contributed by atoms with Crippen LogP contribution < -0.4 is 15.1 Å².